The van der Waals surface area contributed by atoms with Gasteiger partial charge in [-0.2, -0.15) is 4.98 Å². The van der Waals surface area contributed by atoms with E-state index in [1.165, 1.54) is 0 Å². The Kier molecular flexibility index (Phi) is 5.05. The van der Waals surface area contributed by atoms with Gasteiger partial charge in [-0.1, -0.05) is 6.92 Å². The lowest BCUT2D eigenvalue weighted by atomic mass is 10.2. The van der Waals surface area contributed by atoms with Gasteiger partial charge in [0.2, 0.25) is 0 Å². The first-order valence-electron chi connectivity index (χ1n) is 5.72. The van der Waals surface area contributed by atoms with E-state index in [4.69, 9.17) is 0 Å². The monoisotopic (exact) mass is 300 g/mol. The number of rotatable bonds is 5. The van der Waals surface area contributed by atoms with Gasteiger partial charge in [0.1, 0.15) is 5.78 Å². The smallest absolute Gasteiger partial charge is 0.300 e. The molecule has 1 heterocycles. The second kappa shape index (κ2) is 6.10. The number of aryl methyl sites for hydroxylation is 1. The molecule has 0 amide bonds. The number of Topliss-reactive ketones (excluding diaryl/α,β-unsaturated/α-hetero) is 1. The van der Waals surface area contributed by atoms with Crippen molar-refractivity contribution >= 4 is 21.7 Å². The van der Waals surface area contributed by atoms with Crippen LogP contribution < -0.4 is 5.69 Å². The summed E-state index contributed by atoms with van der Waals surface area (Å²) in [5.41, 5.74) is 1.33. The molecule has 0 aliphatic carbocycles. The minimum atomic E-state index is -0.243. The van der Waals surface area contributed by atoms with Gasteiger partial charge in [-0.15, -0.1) is 0 Å². The van der Waals surface area contributed by atoms with Crippen molar-refractivity contribution < 1.29 is 4.79 Å². The van der Waals surface area contributed by atoms with Crippen molar-refractivity contribution in [2.24, 2.45) is 0 Å². The standard InChI is InChI=1S/C12H17BrN2O2/c1-4-10(16)6-5-7-15-9(3)11(13)8(2)14-12(15)17/h4-7H2,1-3H3. The van der Waals surface area contributed by atoms with Crippen molar-refractivity contribution in [3.8, 4) is 0 Å². The van der Waals surface area contributed by atoms with Crippen LogP contribution in [0.1, 0.15) is 37.6 Å². The minimum absolute atomic E-state index is 0.231. The van der Waals surface area contributed by atoms with E-state index in [0.717, 1.165) is 10.2 Å². The zero-order valence-corrected chi connectivity index (χ0v) is 12.0. The molecule has 0 aromatic carbocycles. The SMILES string of the molecule is CCC(=O)CCCn1c(C)c(Br)c(C)nc1=O. The van der Waals surface area contributed by atoms with Gasteiger partial charge in [-0.25, -0.2) is 4.79 Å². The molecule has 0 saturated carbocycles. The van der Waals surface area contributed by atoms with E-state index in [9.17, 15) is 9.59 Å². The van der Waals surface area contributed by atoms with Crippen LogP contribution in [0.5, 0.6) is 0 Å². The number of aromatic nitrogens is 2. The Bertz CT molecular complexity index is 480. The fraction of sp³-hybridized carbons (Fsp3) is 0.583. The largest absolute Gasteiger partial charge is 0.348 e. The van der Waals surface area contributed by atoms with E-state index in [1.807, 2.05) is 13.8 Å². The average Bonchev–Trinajstić information content (AvgIpc) is 2.30. The first kappa shape index (κ1) is 14.1. The predicted octanol–water partition coefficient (Wildman–Crippen LogP) is 2.38. The first-order chi connectivity index (χ1) is 7.97. The Morgan fingerprint density at radius 3 is 2.65 bits per heavy atom. The van der Waals surface area contributed by atoms with Crippen molar-refractivity contribution in [2.75, 3.05) is 0 Å². The molecule has 94 valence electrons. The number of hydrogen-bond acceptors (Lipinski definition) is 3. The highest BCUT2D eigenvalue weighted by atomic mass is 79.9. The zero-order chi connectivity index (χ0) is 13.0. The summed E-state index contributed by atoms with van der Waals surface area (Å²) in [6, 6.07) is 0. The fourth-order valence-corrected chi connectivity index (χ4v) is 1.95. The van der Waals surface area contributed by atoms with Crippen molar-refractivity contribution in [1.29, 1.82) is 0 Å². The number of carbonyl (C=O) groups excluding carboxylic acids is 1. The Morgan fingerprint density at radius 1 is 1.41 bits per heavy atom. The molecule has 0 atom stereocenters. The molecular weight excluding hydrogens is 284 g/mol. The summed E-state index contributed by atoms with van der Waals surface area (Å²) in [4.78, 5) is 26.8. The third-order valence-electron chi connectivity index (χ3n) is 2.77. The highest BCUT2D eigenvalue weighted by Gasteiger charge is 2.09. The summed E-state index contributed by atoms with van der Waals surface area (Å²) >= 11 is 3.41. The molecule has 1 aromatic heterocycles. The van der Waals surface area contributed by atoms with Crippen LogP contribution in [0.25, 0.3) is 0 Å². The quantitative estimate of drug-likeness (QED) is 0.839. The van der Waals surface area contributed by atoms with E-state index in [1.54, 1.807) is 11.5 Å². The topological polar surface area (TPSA) is 52.0 Å². The Labute approximate surface area is 109 Å². The van der Waals surface area contributed by atoms with Crippen molar-refractivity contribution in [3.05, 3.63) is 26.3 Å². The minimum Gasteiger partial charge on any atom is -0.300 e. The molecule has 17 heavy (non-hydrogen) atoms. The Morgan fingerprint density at radius 2 is 2.06 bits per heavy atom. The molecule has 1 rings (SSSR count). The lowest BCUT2D eigenvalue weighted by molar-refractivity contribution is -0.118. The summed E-state index contributed by atoms with van der Waals surface area (Å²) in [6.07, 6.45) is 1.77. The molecule has 5 heteroatoms. The maximum atomic E-state index is 11.7. The van der Waals surface area contributed by atoms with Gasteiger partial charge >= 0.3 is 5.69 Å². The van der Waals surface area contributed by atoms with Gasteiger partial charge < -0.3 is 0 Å². The third-order valence-corrected chi connectivity index (χ3v) is 3.91. The van der Waals surface area contributed by atoms with E-state index >= 15 is 0 Å². The number of halogens is 1. The molecule has 0 spiro atoms. The Hall–Kier alpha value is -0.970. The number of hydrogen-bond donors (Lipinski definition) is 0. The molecule has 0 aliphatic heterocycles. The van der Waals surface area contributed by atoms with E-state index in [-0.39, 0.29) is 11.5 Å². The first-order valence-corrected chi connectivity index (χ1v) is 6.52. The summed E-state index contributed by atoms with van der Waals surface area (Å²) in [7, 11) is 0. The summed E-state index contributed by atoms with van der Waals surface area (Å²) < 4.78 is 2.47. The zero-order valence-electron chi connectivity index (χ0n) is 10.4. The predicted molar refractivity (Wildman–Crippen MR) is 70.2 cm³/mol. The lowest BCUT2D eigenvalue weighted by Crippen LogP contribution is -2.26. The molecule has 0 aliphatic rings. The molecule has 0 radical (unpaired) electrons. The van der Waals surface area contributed by atoms with Crippen LogP contribution in [-0.4, -0.2) is 15.3 Å². The van der Waals surface area contributed by atoms with Gasteiger partial charge in [0.15, 0.2) is 0 Å². The lowest BCUT2D eigenvalue weighted by Gasteiger charge is -2.11. The van der Waals surface area contributed by atoms with Gasteiger partial charge in [0.05, 0.1) is 10.2 Å². The number of carbonyl (C=O) groups is 1. The van der Waals surface area contributed by atoms with Crippen molar-refractivity contribution in [3.63, 3.8) is 0 Å². The molecule has 0 fully saturated rings. The number of nitrogens with zero attached hydrogens (tertiary/aromatic N) is 2. The van der Waals surface area contributed by atoms with Crippen LogP contribution in [0.15, 0.2) is 9.27 Å². The van der Waals surface area contributed by atoms with E-state index in [2.05, 4.69) is 20.9 Å². The summed E-state index contributed by atoms with van der Waals surface area (Å²) in [5, 5.41) is 0. The maximum absolute atomic E-state index is 11.7. The second-order valence-corrected chi connectivity index (χ2v) is 4.82. The van der Waals surface area contributed by atoms with E-state index in [0.29, 0.717) is 31.5 Å². The average molecular weight is 301 g/mol. The molecule has 0 bridgehead atoms. The van der Waals surface area contributed by atoms with Crippen molar-refractivity contribution in [1.82, 2.24) is 9.55 Å². The van der Waals surface area contributed by atoms with Gasteiger partial charge in [-0.3, -0.25) is 9.36 Å². The fourth-order valence-electron chi connectivity index (χ4n) is 1.65. The third kappa shape index (κ3) is 3.49. The van der Waals surface area contributed by atoms with Crippen LogP contribution in [0.4, 0.5) is 0 Å². The highest BCUT2D eigenvalue weighted by Crippen LogP contribution is 2.16. The van der Waals surface area contributed by atoms with Crippen molar-refractivity contribution in [2.45, 2.75) is 46.6 Å². The summed E-state index contributed by atoms with van der Waals surface area (Å²) in [6.45, 7) is 6.07. The highest BCUT2D eigenvalue weighted by molar-refractivity contribution is 9.10. The summed E-state index contributed by atoms with van der Waals surface area (Å²) in [5.74, 6) is 0.231. The molecular formula is C12H17BrN2O2. The molecule has 0 N–H and O–H groups in total. The molecule has 4 nitrogen and oxygen atoms in total. The van der Waals surface area contributed by atoms with Crippen LogP contribution in [-0.2, 0) is 11.3 Å². The second-order valence-electron chi connectivity index (χ2n) is 4.03. The van der Waals surface area contributed by atoms with Gasteiger partial charge in [0.25, 0.3) is 0 Å². The molecule has 0 unspecified atom stereocenters. The van der Waals surface area contributed by atoms with Gasteiger partial charge in [0, 0.05) is 25.1 Å². The van der Waals surface area contributed by atoms with Crippen LogP contribution >= 0.6 is 15.9 Å². The molecule has 1 aromatic rings. The van der Waals surface area contributed by atoms with Crippen LogP contribution in [0.3, 0.4) is 0 Å². The molecule has 0 saturated heterocycles. The normalized spacial score (nSPS) is 10.6. The maximum Gasteiger partial charge on any atom is 0.348 e. The van der Waals surface area contributed by atoms with Crippen LogP contribution in [0.2, 0.25) is 0 Å². The van der Waals surface area contributed by atoms with Crippen LogP contribution in [0, 0.1) is 13.8 Å². The van der Waals surface area contributed by atoms with E-state index < -0.39 is 0 Å². The number of ketones is 1. The van der Waals surface area contributed by atoms with Gasteiger partial charge in [-0.05, 0) is 36.2 Å². The Balaban J connectivity index is 2.82.